The number of nitrogens with zero attached hydrogens (tertiary/aromatic N) is 2. The van der Waals surface area contributed by atoms with Gasteiger partial charge in [-0.25, -0.2) is 4.98 Å². The van der Waals surface area contributed by atoms with Gasteiger partial charge in [0.05, 0.1) is 5.69 Å². The normalized spacial score (nSPS) is 11.1. The highest BCUT2D eigenvalue weighted by atomic mass is 31.1. The molecule has 0 radical (unpaired) electrons. The molecule has 124 valence electrons. The van der Waals surface area contributed by atoms with Crippen molar-refractivity contribution in [3.05, 3.63) is 72.6 Å². The van der Waals surface area contributed by atoms with E-state index in [1.165, 1.54) is 35.4 Å². The molecule has 0 saturated carbocycles. The topological polar surface area (TPSA) is 17.8 Å². The minimum absolute atomic E-state index is 0.615. The quantitative estimate of drug-likeness (QED) is 0.468. The maximum Gasteiger partial charge on any atom is 0.140 e. The lowest BCUT2D eigenvalue weighted by Gasteiger charge is -2.19. The fraction of sp³-hybridized carbons (Fsp3) is 0.286. The van der Waals surface area contributed by atoms with Crippen LogP contribution in [0.1, 0.15) is 31.9 Å². The maximum absolute atomic E-state index is 4.93. The first-order valence-corrected chi connectivity index (χ1v) is 10.1. The van der Waals surface area contributed by atoms with Gasteiger partial charge in [-0.1, -0.05) is 80.4 Å². The van der Waals surface area contributed by atoms with E-state index >= 15 is 0 Å². The highest BCUT2D eigenvalue weighted by molar-refractivity contribution is 7.79. The van der Waals surface area contributed by atoms with Gasteiger partial charge >= 0.3 is 0 Å². The third-order valence-electron chi connectivity index (χ3n) is 4.11. The number of aromatic nitrogens is 2. The van der Waals surface area contributed by atoms with Gasteiger partial charge in [0, 0.05) is 20.7 Å². The van der Waals surface area contributed by atoms with Crippen LogP contribution in [0.5, 0.6) is 0 Å². The number of hydrogen-bond donors (Lipinski definition) is 0. The predicted octanol–water partition coefficient (Wildman–Crippen LogP) is 4.14. The first-order valence-electron chi connectivity index (χ1n) is 8.73. The van der Waals surface area contributed by atoms with Crippen LogP contribution in [-0.2, 0) is 6.54 Å². The zero-order chi connectivity index (χ0) is 16.8. The number of hydrogen-bond acceptors (Lipinski definition) is 1. The number of imidazole rings is 1. The van der Waals surface area contributed by atoms with Crippen LogP contribution in [-0.4, -0.2) is 9.55 Å². The highest BCUT2D eigenvalue weighted by Crippen LogP contribution is 2.32. The lowest BCUT2D eigenvalue weighted by Crippen LogP contribution is -2.28. The Kier molecular flexibility index (Phi) is 5.82. The minimum Gasteiger partial charge on any atom is -0.330 e. The summed E-state index contributed by atoms with van der Waals surface area (Å²) in [5, 5.41) is 2.72. The Balaban J connectivity index is 2.03. The van der Waals surface area contributed by atoms with Gasteiger partial charge in [0.25, 0.3) is 0 Å². The van der Waals surface area contributed by atoms with E-state index in [1.54, 1.807) is 0 Å². The molecule has 0 atom stereocenters. The van der Waals surface area contributed by atoms with Gasteiger partial charge < -0.3 is 4.57 Å². The smallest absolute Gasteiger partial charge is 0.140 e. The van der Waals surface area contributed by atoms with Crippen LogP contribution < -0.4 is 16.2 Å². The van der Waals surface area contributed by atoms with E-state index < -0.39 is 7.92 Å². The van der Waals surface area contributed by atoms with E-state index in [9.17, 15) is 0 Å². The van der Waals surface area contributed by atoms with E-state index in [-0.39, 0.29) is 0 Å². The molecular weight excluding hydrogens is 311 g/mol. The van der Waals surface area contributed by atoms with Gasteiger partial charge in [-0.3, -0.25) is 0 Å². The van der Waals surface area contributed by atoms with E-state index in [1.807, 2.05) is 0 Å². The monoisotopic (exact) mass is 336 g/mol. The van der Waals surface area contributed by atoms with E-state index in [0.29, 0.717) is 0 Å². The first-order chi connectivity index (χ1) is 11.8. The summed E-state index contributed by atoms with van der Waals surface area (Å²) in [4.78, 5) is 4.93. The van der Waals surface area contributed by atoms with Crippen molar-refractivity contribution >= 4 is 24.1 Å². The fourth-order valence-corrected chi connectivity index (χ4v) is 5.32. The Bertz CT molecular complexity index is 711. The molecular formula is C21H25N2P. The standard InChI is InChI=1S/C21H25N2P/c1-3-4-11-16-23-17-18(2)22-21(23)24(19-12-7-5-8-13-19)20-14-9-6-10-15-20/h5-10,12-15,17H,3-4,11,16H2,1-2H3. The molecule has 0 saturated heterocycles. The van der Waals surface area contributed by atoms with Crippen molar-refractivity contribution in [1.82, 2.24) is 9.55 Å². The van der Waals surface area contributed by atoms with Crippen LogP contribution in [0.4, 0.5) is 0 Å². The molecule has 0 spiro atoms. The molecule has 3 heteroatoms. The largest absolute Gasteiger partial charge is 0.330 e. The second-order valence-corrected chi connectivity index (χ2v) is 8.19. The third kappa shape index (κ3) is 3.94. The van der Waals surface area contributed by atoms with E-state index in [4.69, 9.17) is 4.98 Å². The fourth-order valence-electron chi connectivity index (χ4n) is 2.94. The summed E-state index contributed by atoms with van der Waals surface area (Å²) in [7, 11) is -0.615. The SMILES string of the molecule is CCCCCn1cc(C)nc1P(c1ccccc1)c1ccccc1. The Morgan fingerprint density at radius 2 is 1.46 bits per heavy atom. The summed E-state index contributed by atoms with van der Waals surface area (Å²) in [6.07, 6.45) is 5.94. The van der Waals surface area contributed by atoms with E-state index in [2.05, 4.69) is 85.3 Å². The van der Waals surface area contributed by atoms with Gasteiger partial charge in [0.2, 0.25) is 0 Å². The molecule has 3 aromatic rings. The average Bonchev–Trinajstić information content (AvgIpc) is 2.98. The average molecular weight is 336 g/mol. The highest BCUT2D eigenvalue weighted by Gasteiger charge is 2.21. The van der Waals surface area contributed by atoms with Crippen LogP contribution in [0.15, 0.2) is 66.9 Å². The second kappa shape index (κ2) is 8.26. The summed E-state index contributed by atoms with van der Waals surface area (Å²) >= 11 is 0. The van der Waals surface area contributed by atoms with Crippen LogP contribution in [0.25, 0.3) is 0 Å². The summed E-state index contributed by atoms with van der Waals surface area (Å²) in [6.45, 7) is 5.41. The zero-order valence-corrected chi connectivity index (χ0v) is 15.4. The Hall–Kier alpha value is -1.92. The number of benzene rings is 2. The number of unbranched alkanes of at least 4 members (excludes halogenated alkanes) is 2. The van der Waals surface area contributed by atoms with Crippen LogP contribution in [0.3, 0.4) is 0 Å². The molecule has 0 aliphatic rings. The van der Waals surface area contributed by atoms with E-state index in [0.717, 1.165) is 12.2 Å². The summed E-state index contributed by atoms with van der Waals surface area (Å²) in [5.41, 5.74) is 2.33. The van der Waals surface area contributed by atoms with Crippen molar-refractivity contribution in [3.63, 3.8) is 0 Å². The van der Waals surface area contributed by atoms with Crippen LogP contribution in [0.2, 0.25) is 0 Å². The Morgan fingerprint density at radius 3 is 2.00 bits per heavy atom. The molecule has 2 nitrogen and oxygen atoms in total. The summed E-state index contributed by atoms with van der Waals surface area (Å²) in [5.74, 6) is 0. The molecule has 0 amide bonds. The van der Waals surface area contributed by atoms with Crippen molar-refractivity contribution < 1.29 is 0 Å². The van der Waals surface area contributed by atoms with Crippen molar-refractivity contribution in [2.75, 3.05) is 0 Å². The first kappa shape index (κ1) is 16.9. The van der Waals surface area contributed by atoms with Crippen molar-refractivity contribution in [2.45, 2.75) is 39.7 Å². The number of aryl methyl sites for hydroxylation is 2. The van der Waals surface area contributed by atoms with Crippen molar-refractivity contribution in [1.29, 1.82) is 0 Å². The second-order valence-electron chi connectivity index (χ2n) is 6.09. The maximum atomic E-state index is 4.93. The molecule has 1 aromatic heterocycles. The molecule has 24 heavy (non-hydrogen) atoms. The van der Waals surface area contributed by atoms with Crippen LogP contribution in [0, 0.1) is 6.92 Å². The number of rotatable bonds is 7. The lowest BCUT2D eigenvalue weighted by molar-refractivity contribution is 0.612. The molecule has 3 rings (SSSR count). The third-order valence-corrected chi connectivity index (χ3v) is 6.49. The van der Waals surface area contributed by atoms with Gasteiger partial charge in [-0.05, 0) is 24.0 Å². The molecule has 0 fully saturated rings. The van der Waals surface area contributed by atoms with Gasteiger partial charge in [0.15, 0.2) is 0 Å². The molecule has 0 N–H and O–H groups in total. The molecule has 1 heterocycles. The summed E-state index contributed by atoms with van der Waals surface area (Å²) in [6, 6.07) is 21.6. The predicted molar refractivity (Wildman–Crippen MR) is 105 cm³/mol. The lowest BCUT2D eigenvalue weighted by atomic mass is 10.2. The van der Waals surface area contributed by atoms with Gasteiger partial charge in [0.1, 0.15) is 5.57 Å². The Labute approximate surface area is 146 Å². The van der Waals surface area contributed by atoms with Crippen molar-refractivity contribution in [2.24, 2.45) is 0 Å². The zero-order valence-electron chi connectivity index (χ0n) is 14.5. The molecule has 0 aliphatic carbocycles. The molecule has 2 aromatic carbocycles. The van der Waals surface area contributed by atoms with Gasteiger partial charge in [-0.15, -0.1) is 0 Å². The molecule has 0 bridgehead atoms. The summed E-state index contributed by atoms with van der Waals surface area (Å²) < 4.78 is 2.39. The van der Waals surface area contributed by atoms with Crippen LogP contribution >= 0.6 is 7.92 Å². The van der Waals surface area contributed by atoms with Crippen molar-refractivity contribution in [3.8, 4) is 0 Å². The van der Waals surface area contributed by atoms with Gasteiger partial charge in [-0.2, -0.15) is 0 Å². The minimum atomic E-state index is -0.615. The molecule has 0 unspecified atom stereocenters. The molecule has 0 aliphatic heterocycles. The Morgan fingerprint density at radius 1 is 0.875 bits per heavy atom.